The van der Waals surface area contributed by atoms with E-state index in [1.807, 2.05) is 13.1 Å². The van der Waals surface area contributed by atoms with Crippen molar-refractivity contribution in [3.8, 4) is 0 Å². The maximum atomic E-state index is 13.7. The standard InChI is InChI=1S/C17H25FN2/c1-12-5-6-14(18)10-16(12)17-13(11-19-2)4-3-9-20(17)15-7-8-15/h5-6,10,13,15,17,19H,3-4,7-9,11H2,1-2H3. The summed E-state index contributed by atoms with van der Waals surface area (Å²) in [6.07, 6.45) is 5.15. The van der Waals surface area contributed by atoms with Crippen molar-refractivity contribution in [1.29, 1.82) is 0 Å². The molecule has 1 aromatic rings. The van der Waals surface area contributed by atoms with Gasteiger partial charge in [-0.05, 0) is 81.9 Å². The van der Waals surface area contributed by atoms with Gasteiger partial charge in [0, 0.05) is 12.1 Å². The Labute approximate surface area is 121 Å². The number of aryl methyl sites for hydroxylation is 1. The van der Waals surface area contributed by atoms with Crippen LogP contribution in [-0.4, -0.2) is 31.1 Å². The van der Waals surface area contributed by atoms with Crippen molar-refractivity contribution in [2.45, 2.75) is 44.7 Å². The molecule has 2 fully saturated rings. The minimum Gasteiger partial charge on any atom is -0.319 e. The second-order valence-corrected chi connectivity index (χ2v) is 6.37. The lowest BCUT2D eigenvalue weighted by molar-refractivity contribution is 0.0839. The maximum absolute atomic E-state index is 13.7. The molecular formula is C17H25FN2. The highest BCUT2D eigenvalue weighted by molar-refractivity contribution is 5.31. The fourth-order valence-electron chi connectivity index (χ4n) is 3.76. The predicted octanol–water partition coefficient (Wildman–Crippen LogP) is 3.27. The summed E-state index contributed by atoms with van der Waals surface area (Å²) < 4.78 is 13.7. The fraction of sp³-hybridized carbons (Fsp3) is 0.647. The molecule has 1 aliphatic carbocycles. The van der Waals surface area contributed by atoms with Crippen LogP contribution in [0.15, 0.2) is 18.2 Å². The van der Waals surface area contributed by atoms with Crippen molar-refractivity contribution >= 4 is 0 Å². The molecule has 1 aromatic carbocycles. The lowest BCUT2D eigenvalue weighted by atomic mass is 9.82. The molecule has 2 aliphatic rings. The first-order valence-electron chi connectivity index (χ1n) is 7.87. The zero-order valence-corrected chi connectivity index (χ0v) is 12.5. The first-order valence-corrected chi connectivity index (χ1v) is 7.87. The van der Waals surface area contributed by atoms with E-state index in [2.05, 4.69) is 17.1 Å². The van der Waals surface area contributed by atoms with Crippen LogP contribution in [0.2, 0.25) is 0 Å². The molecule has 20 heavy (non-hydrogen) atoms. The Kier molecular flexibility index (Phi) is 4.08. The Balaban J connectivity index is 1.95. The third-order valence-electron chi connectivity index (χ3n) is 4.84. The van der Waals surface area contributed by atoms with E-state index >= 15 is 0 Å². The van der Waals surface area contributed by atoms with Crippen molar-refractivity contribution < 1.29 is 4.39 Å². The second-order valence-electron chi connectivity index (χ2n) is 6.37. The quantitative estimate of drug-likeness (QED) is 0.908. The number of piperidine rings is 1. The van der Waals surface area contributed by atoms with Crippen LogP contribution < -0.4 is 5.32 Å². The molecule has 0 bridgehead atoms. The van der Waals surface area contributed by atoms with Crippen molar-refractivity contribution in [3.05, 3.63) is 35.1 Å². The van der Waals surface area contributed by atoms with Gasteiger partial charge >= 0.3 is 0 Å². The number of halogens is 1. The van der Waals surface area contributed by atoms with E-state index in [4.69, 9.17) is 0 Å². The SMILES string of the molecule is CNCC1CCCN(C2CC2)C1c1cc(F)ccc1C. The van der Waals surface area contributed by atoms with Gasteiger partial charge in [0.25, 0.3) is 0 Å². The average Bonchev–Trinajstić information content (AvgIpc) is 3.26. The number of likely N-dealkylation sites (tertiary alicyclic amines) is 1. The highest BCUT2D eigenvalue weighted by Gasteiger charge is 2.40. The number of hydrogen-bond donors (Lipinski definition) is 1. The normalized spacial score (nSPS) is 27.8. The zero-order chi connectivity index (χ0) is 14.1. The maximum Gasteiger partial charge on any atom is 0.123 e. The van der Waals surface area contributed by atoms with E-state index < -0.39 is 0 Å². The summed E-state index contributed by atoms with van der Waals surface area (Å²) in [4.78, 5) is 2.65. The van der Waals surface area contributed by atoms with Gasteiger partial charge in [0.1, 0.15) is 5.82 Å². The van der Waals surface area contributed by atoms with Gasteiger partial charge < -0.3 is 5.32 Å². The summed E-state index contributed by atoms with van der Waals surface area (Å²) in [5, 5.41) is 3.33. The number of benzene rings is 1. The summed E-state index contributed by atoms with van der Waals surface area (Å²) in [6, 6.07) is 6.40. The Hall–Kier alpha value is -0.930. The molecule has 1 aliphatic heterocycles. The van der Waals surface area contributed by atoms with Gasteiger partial charge in [-0.3, -0.25) is 4.90 Å². The van der Waals surface area contributed by atoms with Gasteiger partial charge in [0.2, 0.25) is 0 Å². The second kappa shape index (κ2) is 5.82. The predicted molar refractivity (Wildman–Crippen MR) is 80.3 cm³/mol. The molecule has 1 saturated heterocycles. The summed E-state index contributed by atoms with van der Waals surface area (Å²) in [7, 11) is 2.02. The molecule has 0 aromatic heterocycles. The third kappa shape index (κ3) is 2.75. The van der Waals surface area contributed by atoms with Gasteiger partial charge in [0.05, 0.1) is 0 Å². The van der Waals surface area contributed by atoms with Gasteiger partial charge in [-0.15, -0.1) is 0 Å². The number of hydrogen-bond acceptors (Lipinski definition) is 2. The summed E-state index contributed by atoms with van der Waals surface area (Å²) >= 11 is 0. The first-order chi connectivity index (χ1) is 9.70. The number of nitrogens with one attached hydrogen (secondary N) is 1. The highest BCUT2D eigenvalue weighted by atomic mass is 19.1. The van der Waals surface area contributed by atoms with Crippen LogP contribution in [0.5, 0.6) is 0 Å². The van der Waals surface area contributed by atoms with Crippen LogP contribution >= 0.6 is 0 Å². The van der Waals surface area contributed by atoms with Crippen LogP contribution in [-0.2, 0) is 0 Å². The van der Waals surface area contributed by atoms with Crippen molar-refractivity contribution in [1.82, 2.24) is 10.2 Å². The Bertz CT molecular complexity index is 468. The number of nitrogens with zero attached hydrogens (tertiary/aromatic N) is 1. The minimum atomic E-state index is -0.102. The third-order valence-corrected chi connectivity index (χ3v) is 4.84. The van der Waals surface area contributed by atoms with Gasteiger partial charge in [-0.25, -0.2) is 4.39 Å². The molecule has 1 saturated carbocycles. The molecule has 0 radical (unpaired) electrons. The smallest absolute Gasteiger partial charge is 0.123 e. The molecule has 110 valence electrons. The van der Waals surface area contributed by atoms with E-state index in [9.17, 15) is 4.39 Å². The molecule has 1 N–H and O–H groups in total. The summed E-state index contributed by atoms with van der Waals surface area (Å²) in [5.74, 6) is 0.491. The van der Waals surface area contributed by atoms with Crippen molar-refractivity contribution in [2.24, 2.45) is 5.92 Å². The molecular weight excluding hydrogens is 251 g/mol. The van der Waals surface area contributed by atoms with E-state index in [1.54, 1.807) is 12.1 Å². The molecule has 0 spiro atoms. The molecule has 2 unspecified atom stereocenters. The molecule has 3 rings (SSSR count). The van der Waals surface area contributed by atoms with Crippen LogP contribution in [0.25, 0.3) is 0 Å². The first kappa shape index (κ1) is 14.0. The van der Waals surface area contributed by atoms with E-state index in [-0.39, 0.29) is 5.82 Å². The minimum absolute atomic E-state index is 0.102. The van der Waals surface area contributed by atoms with Crippen molar-refractivity contribution in [3.63, 3.8) is 0 Å². The lowest BCUT2D eigenvalue weighted by Crippen LogP contribution is -2.43. The van der Waals surface area contributed by atoms with E-state index in [0.29, 0.717) is 12.0 Å². The summed E-state index contributed by atoms with van der Waals surface area (Å²) in [6.45, 7) is 4.31. The van der Waals surface area contributed by atoms with Crippen molar-refractivity contribution in [2.75, 3.05) is 20.1 Å². The topological polar surface area (TPSA) is 15.3 Å². The Morgan fingerprint density at radius 1 is 1.30 bits per heavy atom. The van der Waals surface area contributed by atoms with E-state index in [1.165, 1.54) is 43.4 Å². The van der Waals surface area contributed by atoms with E-state index in [0.717, 1.165) is 12.6 Å². The van der Waals surface area contributed by atoms with Gasteiger partial charge in [-0.1, -0.05) is 6.07 Å². The van der Waals surface area contributed by atoms with Gasteiger partial charge in [0.15, 0.2) is 0 Å². The Morgan fingerprint density at radius 3 is 2.80 bits per heavy atom. The zero-order valence-electron chi connectivity index (χ0n) is 12.5. The molecule has 1 heterocycles. The van der Waals surface area contributed by atoms with Crippen LogP contribution in [0.1, 0.15) is 42.9 Å². The van der Waals surface area contributed by atoms with Crippen LogP contribution in [0, 0.1) is 18.7 Å². The average molecular weight is 276 g/mol. The van der Waals surface area contributed by atoms with Crippen LogP contribution in [0.3, 0.4) is 0 Å². The summed E-state index contributed by atoms with van der Waals surface area (Å²) in [5.41, 5.74) is 2.43. The molecule has 0 amide bonds. The lowest BCUT2D eigenvalue weighted by Gasteiger charge is -2.42. The number of rotatable bonds is 4. The monoisotopic (exact) mass is 276 g/mol. The van der Waals surface area contributed by atoms with Gasteiger partial charge in [-0.2, -0.15) is 0 Å². The van der Waals surface area contributed by atoms with Crippen LogP contribution in [0.4, 0.5) is 4.39 Å². The Morgan fingerprint density at radius 2 is 2.10 bits per heavy atom. The highest BCUT2D eigenvalue weighted by Crippen LogP contribution is 2.43. The molecule has 2 nitrogen and oxygen atoms in total. The molecule has 3 heteroatoms. The largest absolute Gasteiger partial charge is 0.319 e. The molecule has 2 atom stereocenters. The fourth-order valence-corrected chi connectivity index (χ4v) is 3.76.